The maximum Gasteiger partial charge on any atom is 0.371 e. The number of benzene rings is 1. The van der Waals surface area contributed by atoms with Gasteiger partial charge in [0.1, 0.15) is 0 Å². The molecule has 1 rings (SSSR count). The molecule has 0 aromatic heterocycles. The van der Waals surface area contributed by atoms with E-state index in [0.717, 1.165) is 0 Å². The van der Waals surface area contributed by atoms with Gasteiger partial charge in [-0.25, -0.2) is 4.79 Å². The lowest BCUT2D eigenvalue weighted by Crippen LogP contribution is -2.04. The maximum absolute atomic E-state index is 11.5. The highest BCUT2D eigenvalue weighted by Gasteiger charge is 2.15. The zero-order valence-corrected chi connectivity index (χ0v) is 9.29. The number of aliphatic carboxylic acids is 1. The second-order valence-electron chi connectivity index (χ2n) is 2.80. The van der Waals surface area contributed by atoms with E-state index in [4.69, 9.17) is 33.4 Å². The molecule has 0 saturated heterocycles. The van der Waals surface area contributed by atoms with Crippen LogP contribution in [-0.2, 0) is 4.79 Å². The van der Waals surface area contributed by atoms with Crippen LogP contribution < -0.4 is 0 Å². The first-order chi connectivity index (χ1) is 7.43. The Bertz CT molecular complexity index is 459. The van der Waals surface area contributed by atoms with E-state index in [9.17, 15) is 9.59 Å². The van der Waals surface area contributed by atoms with E-state index in [0.29, 0.717) is 6.08 Å². The fraction of sp³-hybridized carbons (Fsp3) is 0. The monoisotopic (exact) mass is 260 g/mol. The fourth-order valence-corrected chi connectivity index (χ4v) is 1.57. The van der Waals surface area contributed by atoms with Crippen molar-refractivity contribution in [1.82, 2.24) is 0 Å². The third-order valence-electron chi connectivity index (χ3n) is 1.70. The Morgan fingerprint density at radius 2 is 1.62 bits per heavy atom. The van der Waals surface area contributed by atoms with E-state index < -0.39 is 17.5 Å². The van der Waals surface area contributed by atoms with Crippen LogP contribution in [0.3, 0.4) is 0 Å². The van der Waals surface area contributed by atoms with Gasteiger partial charge in [0, 0.05) is 6.08 Å². The molecule has 1 aromatic rings. The van der Waals surface area contributed by atoms with Crippen LogP contribution in [0, 0.1) is 0 Å². The number of carboxylic acids is 1. The van der Waals surface area contributed by atoms with E-state index in [1.807, 2.05) is 0 Å². The molecule has 0 bridgehead atoms. The summed E-state index contributed by atoms with van der Waals surface area (Å²) in [6.45, 7) is 0. The molecule has 0 heterocycles. The summed E-state index contributed by atoms with van der Waals surface area (Å²) in [4.78, 5) is 21.8. The lowest BCUT2D eigenvalue weighted by atomic mass is 10.1. The summed E-state index contributed by atoms with van der Waals surface area (Å²) in [5.74, 6) is -3.44. The summed E-state index contributed by atoms with van der Waals surface area (Å²) < 4.78 is 0. The molecule has 1 aromatic carbocycles. The molecule has 0 fully saturated rings. The predicted octanol–water partition coefficient (Wildman–Crippen LogP) is 2.70. The average molecular weight is 261 g/mol. The predicted molar refractivity (Wildman–Crippen MR) is 59.1 cm³/mol. The largest absolute Gasteiger partial charge is 0.502 e. The molecular weight excluding hydrogens is 255 g/mol. The molecule has 0 amide bonds. The lowest BCUT2D eigenvalue weighted by Gasteiger charge is -2.02. The molecule has 16 heavy (non-hydrogen) atoms. The van der Waals surface area contributed by atoms with Gasteiger partial charge in [0.25, 0.3) is 0 Å². The van der Waals surface area contributed by atoms with Crippen molar-refractivity contribution in [2.75, 3.05) is 0 Å². The average Bonchev–Trinajstić information content (AvgIpc) is 2.16. The number of aliphatic hydroxyl groups is 1. The molecule has 0 unspecified atom stereocenters. The number of rotatable bonds is 3. The van der Waals surface area contributed by atoms with E-state index in [2.05, 4.69) is 0 Å². The minimum Gasteiger partial charge on any atom is -0.502 e. The minimum absolute atomic E-state index is 0.0429. The van der Waals surface area contributed by atoms with Crippen LogP contribution >= 0.6 is 23.2 Å². The first kappa shape index (κ1) is 12.5. The topological polar surface area (TPSA) is 74.6 Å². The number of carboxylic acid groups (broad SMARTS) is 1. The number of halogens is 2. The van der Waals surface area contributed by atoms with Crippen molar-refractivity contribution in [2.45, 2.75) is 0 Å². The zero-order chi connectivity index (χ0) is 12.3. The van der Waals surface area contributed by atoms with Crippen molar-refractivity contribution in [2.24, 2.45) is 0 Å². The molecule has 6 heteroatoms. The van der Waals surface area contributed by atoms with Gasteiger partial charge in [-0.15, -0.1) is 0 Å². The Kier molecular flexibility index (Phi) is 3.93. The lowest BCUT2D eigenvalue weighted by molar-refractivity contribution is -0.135. The van der Waals surface area contributed by atoms with Crippen molar-refractivity contribution in [3.63, 3.8) is 0 Å². The first-order valence-electron chi connectivity index (χ1n) is 4.05. The standard InChI is InChI=1S/C10H6Cl2O4/c11-5-2-1-3-6(12)9(5)7(13)4-8(14)10(15)16/h1-4,14H,(H,15,16)/b8-4-. The van der Waals surface area contributed by atoms with Gasteiger partial charge in [-0.1, -0.05) is 29.3 Å². The van der Waals surface area contributed by atoms with Crippen LogP contribution in [0.4, 0.5) is 0 Å². The van der Waals surface area contributed by atoms with E-state index in [1.54, 1.807) is 6.07 Å². The van der Waals surface area contributed by atoms with Gasteiger partial charge in [0.2, 0.25) is 5.76 Å². The highest BCUT2D eigenvalue weighted by atomic mass is 35.5. The van der Waals surface area contributed by atoms with Crippen LogP contribution in [-0.4, -0.2) is 22.0 Å². The van der Waals surface area contributed by atoms with E-state index >= 15 is 0 Å². The first-order valence-corrected chi connectivity index (χ1v) is 4.81. The smallest absolute Gasteiger partial charge is 0.371 e. The van der Waals surface area contributed by atoms with Gasteiger partial charge < -0.3 is 10.2 Å². The van der Waals surface area contributed by atoms with Crippen molar-refractivity contribution >= 4 is 35.0 Å². The summed E-state index contributed by atoms with van der Waals surface area (Å²) in [5, 5.41) is 17.5. The Morgan fingerprint density at radius 1 is 1.12 bits per heavy atom. The number of allylic oxidation sites excluding steroid dienone is 1. The third-order valence-corrected chi connectivity index (χ3v) is 2.33. The maximum atomic E-state index is 11.5. The van der Waals surface area contributed by atoms with Crippen LogP contribution in [0.15, 0.2) is 30.0 Å². The molecule has 0 aliphatic rings. The van der Waals surface area contributed by atoms with Gasteiger partial charge in [0.15, 0.2) is 5.78 Å². The van der Waals surface area contributed by atoms with Gasteiger partial charge in [-0.3, -0.25) is 4.79 Å². The van der Waals surface area contributed by atoms with E-state index in [1.165, 1.54) is 12.1 Å². The Labute approximate surface area is 101 Å². The normalized spacial score (nSPS) is 11.2. The van der Waals surface area contributed by atoms with Crippen molar-refractivity contribution in [3.8, 4) is 0 Å². The molecule has 4 nitrogen and oxygen atoms in total. The molecular formula is C10H6Cl2O4. The number of hydrogen-bond acceptors (Lipinski definition) is 3. The SMILES string of the molecule is O=C(O)/C(O)=C/C(=O)c1c(Cl)cccc1Cl. The molecule has 0 aliphatic carbocycles. The number of aliphatic hydroxyl groups excluding tert-OH is 1. The quantitative estimate of drug-likeness (QED) is 0.498. The van der Waals surface area contributed by atoms with Crippen molar-refractivity contribution < 1.29 is 19.8 Å². The van der Waals surface area contributed by atoms with Crippen LogP contribution in [0.1, 0.15) is 10.4 Å². The zero-order valence-electron chi connectivity index (χ0n) is 7.78. The van der Waals surface area contributed by atoms with E-state index in [-0.39, 0.29) is 15.6 Å². The molecule has 2 N–H and O–H groups in total. The summed E-state index contributed by atoms with van der Waals surface area (Å²) in [5.41, 5.74) is -0.0429. The van der Waals surface area contributed by atoms with Crippen LogP contribution in [0.2, 0.25) is 10.0 Å². The van der Waals surface area contributed by atoms with Crippen molar-refractivity contribution in [3.05, 3.63) is 45.6 Å². The van der Waals surface area contributed by atoms with Gasteiger partial charge >= 0.3 is 5.97 Å². The Hall–Kier alpha value is -1.52. The van der Waals surface area contributed by atoms with Crippen molar-refractivity contribution in [1.29, 1.82) is 0 Å². The van der Waals surface area contributed by atoms with Gasteiger partial charge in [-0.05, 0) is 12.1 Å². The molecule has 0 aliphatic heterocycles. The Morgan fingerprint density at radius 3 is 2.06 bits per heavy atom. The molecule has 84 valence electrons. The number of ketones is 1. The number of carbonyl (C=O) groups is 2. The summed E-state index contributed by atoms with van der Waals surface area (Å²) in [6.07, 6.45) is 0.551. The van der Waals surface area contributed by atoms with Gasteiger partial charge in [-0.2, -0.15) is 0 Å². The van der Waals surface area contributed by atoms with Gasteiger partial charge in [0.05, 0.1) is 15.6 Å². The molecule has 0 spiro atoms. The summed E-state index contributed by atoms with van der Waals surface area (Å²) in [6, 6.07) is 4.42. The highest BCUT2D eigenvalue weighted by Crippen LogP contribution is 2.25. The fourth-order valence-electron chi connectivity index (χ4n) is 0.991. The molecule has 0 saturated carbocycles. The van der Waals surface area contributed by atoms with Crippen LogP contribution in [0.5, 0.6) is 0 Å². The highest BCUT2D eigenvalue weighted by molar-refractivity contribution is 6.40. The minimum atomic E-state index is -1.60. The van der Waals surface area contributed by atoms with Crippen LogP contribution in [0.25, 0.3) is 0 Å². The molecule has 0 atom stereocenters. The third kappa shape index (κ3) is 2.74. The summed E-state index contributed by atoms with van der Waals surface area (Å²) >= 11 is 11.4. The molecule has 0 radical (unpaired) electrons. The second-order valence-corrected chi connectivity index (χ2v) is 3.61. The number of carbonyl (C=O) groups excluding carboxylic acids is 1. The summed E-state index contributed by atoms with van der Waals surface area (Å²) in [7, 11) is 0. The second kappa shape index (κ2) is 5.01. The number of hydrogen-bond donors (Lipinski definition) is 2. The Balaban J connectivity index is 3.16.